The van der Waals surface area contributed by atoms with E-state index in [2.05, 4.69) is 0 Å². The van der Waals surface area contributed by atoms with Crippen molar-refractivity contribution < 1.29 is 52.4 Å². The first-order chi connectivity index (χ1) is 0. The Labute approximate surface area is 62.5 Å². The van der Waals surface area contributed by atoms with Gasteiger partial charge in [-0.1, -0.05) is 0 Å². The molecule has 0 aromatic carbocycles. The average molecular weight is 148 g/mol. The smallest absolute Gasteiger partial charge is 2.00 e. The van der Waals surface area contributed by atoms with Crippen molar-refractivity contribution in [3.8, 4) is 0 Å². The summed E-state index contributed by atoms with van der Waals surface area (Å²) < 4.78 is 0. The van der Waals surface area contributed by atoms with E-state index in [-0.39, 0.29) is 62.3 Å². The molecule has 0 aliphatic heterocycles. The first-order valence-electron chi connectivity index (χ1n) is 0. The first kappa shape index (κ1) is 151. The van der Waals surface area contributed by atoms with Crippen molar-refractivity contribution in [1.82, 2.24) is 0 Å². The van der Waals surface area contributed by atoms with Gasteiger partial charge in [0.25, 0.3) is 0 Å². The van der Waals surface area contributed by atoms with Gasteiger partial charge in [-0.2, -0.15) is 9.90 Å². The van der Waals surface area contributed by atoms with Crippen LogP contribution in [0.2, 0.25) is 0 Å². The molecule has 0 saturated heterocycles. The van der Waals surface area contributed by atoms with Crippen LogP contribution < -0.4 is 18.9 Å². The molecule has 3 nitrogen and oxygen atoms in total. The number of hydrogen-bond donors (Lipinski definition) is 0. The Hall–Kier alpha value is 1.43. The zero-order valence-electron chi connectivity index (χ0n) is 3.42. The second kappa shape index (κ2) is 93.0. The third-order valence-electron chi connectivity index (χ3n) is 0. The molecule has 0 rings (SSSR count). The van der Waals surface area contributed by atoms with Crippen molar-refractivity contribution in [1.29, 1.82) is 0 Å². The summed E-state index contributed by atoms with van der Waals surface area (Å²) in [6.45, 7) is 0. The normalized spacial score (nSPS) is 0. The number of rotatable bonds is 0. The quantitative estimate of drug-likeness (QED) is 0.253. The monoisotopic (exact) mass is 148 g/mol. The van der Waals surface area contributed by atoms with Gasteiger partial charge in [-0.15, -0.1) is 0 Å². The molecule has 6 heavy (non-hydrogen) atoms. The Kier molecular flexibility index (Phi) is 2330. The second-order valence-electron chi connectivity index (χ2n) is 0. The topological polar surface area (TPSA) is 90.0 Å². The third kappa shape index (κ3) is 52.2. The van der Waals surface area contributed by atoms with Crippen LogP contribution in [0.3, 0.4) is 0 Å². The Morgan fingerprint density at radius 2 is 1.00 bits per heavy atom. The fourth-order valence-electron chi connectivity index (χ4n) is 0. The molecule has 0 aromatic heterocycles. The van der Waals surface area contributed by atoms with E-state index in [0.29, 0.717) is 0 Å². The molecular weight excluding hydrogens is 142 g/mol. The average Bonchev–Trinajstić information content (AvgIpc) is 0. The summed E-state index contributed by atoms with van der Waals surface area (Å²) in [7, 11) is 0. The molecule has 0 bridgehead atoms. The van der Waals surface area contributed by atoms with E-state index >= 15 is 0 Å². The molecule has 0 heterocycles. The van der Waals surface area contributed by atoms with E-state index in [1.54, 1.807) is 0 Å². The SMILES string of the molecule is O.P.[Fe+2].[Li+].[O-2].[OH-]. The van der Waals surface area contributed by atoms with Gasteiger partial charge >= 0.3 is 35.9 Å². The van der Waals surface area contributed by atoms with Gasteiger partial charge < -0.3 is 16.4 Å². The molecule has 0 radical (unpaired) electrons. The van der Waals surface area contributed by atoms with E-state index < -0.39 is 0 Å². The molecule has 0 aromatic rings. The maximum atomic E-state index is 0. The Bertz CT molecular complexity index is 10.8. The van der Waals surface area contributed by atoms with Crippen LogP contribution in [0.25, 0.3) is 0 Å². The first-order valence-corrected chi connectivity index (χ1v) is 0. The third-order valence-corrected chi connectivity index (χ3v) is 0. The molecule has 0 aliphatic carbocycles. The minimum atomic E-state index is 0. The van der Waals surface area contributed by atoms with Crippen molar-refractivity contribution in [2.75, 3.05) is 0 Å². The molecule has 3 N–H and O–H groups in total. The minimum Gasteiger partial charge on any atom is -2.00 e. The van der Waals surface area contributed by atoms with Crippen LogP contribution >= 0.6 is 9.90 Å². The molecule has 0 spiro atoms. The standard InChI is InChI=1S/Fe.Li.2H2O.O.H3P/h;;2*1H2;;1H3/q+2;+1;;;-2;/p-1. The van der Waals surface area contributed by atoms with Crippen LogP contribution in [0.15, 0.2) is 0 Å². The molecular formula is H6FeLiO3P. The summed E-state index contributed by atoms with van der Waals surface area (Å²) in [6.07, 6.45) is 0. The minimum absolute atomic E-state index is 0. The van der Waals surface area contributed by atoms with Crippen LogP contribution in [0.5, 0.6) is 0 Å². The fourth-order valence-corrected chi connectivity index (χ4v) is 0. The second-order valence-corrected chi connectivity index (χ2v) is 0. The Balaban J connectivity index is 0. The molecule has 38 valence electrons. The molecule has 6 heteroatoms. The van der Waals surface area contributed by atoms with Gasteiger partial charge in [0, 0.05) is 0 Å². The van der Waals surface area contributed by atoms with Crippen molar-refractivity contribution >= 4 is 9.90 Å². The summed E-state index contributed by atoms with van der Waals surface area (Å²) in [5.74, 6) is 0. The molecule has 0 saturated carbocycles. The van der Waals surface area contributed by atoms with Crippen LogP contribution in [0.4, 0.5) is 0 Å². The van der Waals surface area contributed by atoms with Crippen molar-refractivity contribution in [3.05, 3.63) is 0 Å². The zero-order valence-corrected chi connectivity index (χ0v) is 5.93. The summed E-state index contributed by atoms with van der Waals surface area (Å²) in [5.41, 5.74) is 0. The Morgan fingerprint density at radius 1 is 1.00 bits per heavy atom. The van der Waals surface area contributed by atoms with Gasteiger partial charge in [0.1, 0.15) is 0 Å². The summed E-state index contributed by atoms with van der Waals surface area (Å²) in [4.78, 5) is 0. The maximum Gasteiger partial charge on any atom is 2.00 e. The fraction of sp³-hybridized carbons (Fsp3) is 0. The van der Waals surface area contributed by atoms with E-state index in [9.17, 15) is 0 Å². The summed E-state index contributed by atoms with van der Waals surface area (Å²) in [5, 5.41) is 0. The van der Waals surface area contributed by atoms with Gasteiger partial charge in [-0.3, -0.25) is 0 Å². The molecule has 0 aliphatic rings. The molecule has 0 amide bonds. The molecule has 1 unspecified atom stereocenters. The predicted octanol–water partition coefficient (Wildman–Crippen LogP) is -4.06. The number of hydrogen-bond acceptors (Lipinski definition) is 1. The van der Waals surface area contributed by atoms with E-state index in [4.69, 9.17) is 0 Å². The maximum absolute atomic E-state index is 0. The van der Waals surface area contributed by atoms with Crippen LogP contribution in [-0.4, -0.2) is 11.0 Å². The largest absolute Gasteiger partial charge is 2.00 e. The Morgan fingerprint density at radius 3 is 1.00 bits per heavy atom. The van der Waals surface area contributed by atoms with Crippen molar-refractivity contribution in [2.45, 2.75) is 0 Å². The zero-order chi connectivity index (χ0) is 0. The summed E-state index contributed by atoms with van der Waals surface area (Å²) >= 11 is 0. The molecule has 0 fully saturated rings. The van der Waals surface area contributed by atoms with Gasteiger partial charge in [-0.05, 0) is 0 Å². The van der Waals surface area contributed by atoms with Gasteiger partial charge in [0.15, 0.2) is 0 Å². The van der Waals surface area contributed by atoms with Crippen LogP contribution in [-0.2, 0) is 22.5 Å². The predicted molar refractivity (Wildman–Crippen MR) is 17.3 cm³/mol. The van der Waals surface area contributed by atoms with Crippen molar-refractivity contribution in [2.24, 2.45) is 0 Å². The van der Waals surface area contributed by atoms with E-state index in [1.807, 2.05) is 0 Å². The van der Waals surface area contributed by atoms with E-state index in [0.717, 1.165) is 0 Å². The molecule has 1 atom stereocenters. The van der Waals surface area contributed by atoms with Crippen LogP contribution in [0.1, 0.15) is 0 Å². The van der Waals surface area contributed by atoms with E-state index in [1.165, 1.54) is 0 Å². The van der Waals surface area contributed by atoms with Crippen molar-refractivity contribution in [3.63, 3.8) is 0 Å². The van der Waals surface area contributed by atoms with Gasteiger partial charge in [-0.25, -0.2) is 0 Å². The van der Waals surface area contributed by atoms with Gasteiger partial charge in [0.2, 0.25) is 0 Å². The summed E-state index contributed by atoms with van der Waals surface area (Å²) in [6, 6.07) is 0. The van der Waals surface area contributed by atoms with Gasteiger partial charge in [0.05, 0.1) is 0 Å². The van der Waals surface area contributed by atoms with Crippen LogP contribution in [0, 0.1) is 0 Å².